The Hall–Kier alpha value is -0.543. The largest absolute Gasteiger partial charge is 0.365 e. The van der Waals surface area contributed by atoms with Gasteiger partial charge in [-0.05, 0) is 6.08 Å². The van der Waals surface area contributed by atoms with Gasteiger partial charge in [-0.15, -0.1) is 0 Å². The number of allylic oxidation sites excluding steroid dienone is 2. The van der Waals surface area contributed by atoms with Gasteiger partial charge in [-0.3, -0.25) is 0 Å². The fourth-order valence-electron chi connectivity index (χ4n) is 1.73. The fraction of sp³-hybridized carbons (Fsp3) is 0.636. The van der Waals surface area contributed by atoms with Crippen molar-refractivity contribution < 1.29 is 4.74 Å². The van der Waals surface area contributed by atoms with Gasteiger partial charge >= 0.3 is 0 Å². The van der Waals surface area contributed by atoms with Crippen LogP contribution in [0.25, 0.3) is 0 Å². The van der Waals surface area contributed by atoms with Crippen LogP contribution in [0.4, 0.5) is 0 Å². The Balaban J connectivity index is 2.71. The molecule has 2 nitrogen and oxygen atoms in total. The summed E-state index contributed by atoms with van der Waals surface area (Å²) in [6, 6.07) is 1.25. The lowest BCUT2D eigenvalue weighted by atomic mass is 10.4. The highest BCUT2D eigenvalue weighted by molar-refractivity contribution is 6.78. The molecule has 1 rings (SSSR count). The van der Waals surface area contributed by atoms with Crippen LogP contribution in [-0.2, 0) is 4.74 Å². The van der Waals surface area contributed by atoms with Gasteiger partial charge in [-0.1, -0.05) is 38.2 Å². The molecule has 0 saturated carbocycles. The van der Waals surface area contributed by atoms with Gasteiger partial charge in [0.15, 0.2) is 0 Å². The Bertz CT molecular complexity index is 235. The van der Waals surface area contributed by atoms with Gasteiger partial charge in [-0.2, -0.15) is 0 Å². The predicted molar refractivity (Wildman–Crippen MR) is 63.7 cm³/mol. The first-order valence-corrected chi connectivity index (χ1v) is 8.52. The van der Waals surface area contributed by atoms with Crippen LogP contribution in [0, 0.1) is 0 Å². The maximum atomic E-state index is 5.65. The molecule has 3 heteroatoms. The summed E-state index contributed by atoms with van der Waals surface area (Å²) < 4.78 is 5.65. The first-order chi connectivity index (χ1) is 6.61. The standard InChI is InChI=1S/C11H21NOSi/c1-5-14(3,4)11(13-2)12-9-7-6-8-10-12/h6-9,11H,5,10H2,1-4H3. The SMILES string of the molecule is CC[Si](C)(C)C(OC)N1C=CC=CC1. The lowest BCUT2D eigenvalue weighted by molar-refractivity contribution is 0.0544. The topological polar surface area (TPSA) is 12.5 Å². The van der Waals surface area contributed by atoms with Crippen LogP contribution in [0.15, 0.2) is 24.4 Å². The van der Waals surface area contributed by atoms with Crippen molar-refractivity contribution in [2.24, 2.45) is 0 Å². The highest BCUT2D eigenvalue weighted by atomic mass is 28.3. The van der Waals surface area contributed by atoms with E-state index in [0.717, 1.165) is 6.54 Å². The Kier molecular flexibility index (Phi) is 3.95. The third kappa shape index (κ3) is 2.48. The molecule has 1 unspecified atom stereocenters. The van der Waals surface area contributed by atoms with Crippen molar-refractivity contribution in [3.63, 3.8) is 0 Å². The number of rotatable bonds is 4. The zero-order chi connectivity index (χ0) is 10.6. The molecule has 80 valence electrons. The van der Waals surface area contributed by atoms with Crippen LogP contribution in [-0.4, -0.2) is 32.5 Å². The summed E-state index contributed by atoms with van der Waals surface area (Å²) in [6.07, 6.45) is 8.48. The van der Waals surface area contributed by atoms with Crippen LogP contribution >= 0.6 is 0 Å². The molecular weight excluding hydrogens is 190 g/mol. The summed E-state index contributed by atoms with van der Waals surface area (Å²) >= 11 is 0. The summed E-state index contributed by atoms with van der Waals surface area (Å²) in [5, 5.41) is 0. The van der Waals surface area contributed by atoms with Crippen molar-refractivity contribution in [2.75, 3.05) is 13.7 Å². The first kappa shape index (κ1) is 11.5. The molecule has 1 heterocycles. The molecule has 1 aliphatic rings. The quantitative estimate of drug-likeness (QED) is 0.663. The summed E-state index contributed by atoms with van der Waals surface area (Å²) in [6.45, 7) is 8.01. The summed E-state index contributed by atoms with van der Waals surface area (Å²) in [7, 11) is 0.545. The molecule has 0 aliphatic carbocycles. The summed E-state index contributed by atoms with van der Waals surface area (Å²) in [4.78, 5) is 2.30. The monoisotopic (exact) mass is 211 g/mol. The minimum Gasteiger partial charge on any atom is -0.365 e. The van der Waals surface area contributed by atoms with Crippen molar-refractivity contribution in [1.82, 2.24) is 4.90 Å². The number of hydrogen-bond acceptors (Lipinski definition) is 2. The van der Waals surface area contributed by atoms with Gasteiger partial charge in [0.1, 0.15) is 13.9 Å². The van der Waals surface area contributed by atoms with Gasteiger partial charge in [0, 0.05) is 19.9 Å². The number of methoxy groups -OCH3 is 1. The molecule has 0 fully saturated rings. The molecule has 0 saturated heterocycles. The molecular formula is C11H21NOSi. The van der Waals surface area contributed by atoms with E-state index < -0.39 is 8.07 Å². The molecule has 0 aromatic heterocycles. The second kappa shape index (κ2) is 4.80. The second-order valence-electron chi connectivity index (χ2n) is 4.40. The fourth-order valence-corrected chi connectivity index (χ4v) is 3.81. The van der Waals surface area contributed by atoms with Gasteiger partial charge in [-0.25, -0.2) is 0 Å². The number of ether oxygens (including phenoxy) is 1. The van der Waals surface area contributed by atoms with Gasteiger partial charge in [0.25, 0.3) is 0 Å². The third-order valence-electron chi connectivity index (χ3n) is 2.95. The maximum absolute atomic E-state index is 5.65. The average Bonchev–Trinajstić information content (AvgIpc) is 2.20. The van der Waals surface area contributed by atoms with Crippen molar-refractivity contribution in [2.45, 2.75) is 31.9 Å². The van der Waals surface area contributed by atoms with Gasteiger partial charge < -0.3 is 9.64 Å². The number of nitrogens with zero attached hydrogens (tertiary/aromatic N) is 1. The lowest BCUT2D eigenvalue weighted by Gasteiger charge is -2.39. The Morgan fingerprint density at radius 1 is 1.43 bits per heavy atom. The first-order valence-electron chi connectivity index (χ1n) is 5.23. The Labute approximate surface area is 88.3 Å². The van der Waals surface area contributed by atoms with Crippen LogP contribution < -0.4 is 0 Å². The molecule has 1 atom stereocenters. The second-order valence-corrected chi connectivity index (χ2v) is 9.57. The van der Waals surface area contributed by atoms with Crippen LogP contribution in [0.3, 0.4) is 0 Å². The highest BCUT2D eigenvalue weighted by Crippen LogP contribution is 2.21. The molecule has 0 N–H and O–H groups in total. The number of hydrogen-bond donors (Lipinski definition) is 0. The maximum Gasteiger partial charge on any atom is 0.114 e. The van der Waals surface area contributed by atoms with E-state index in [4.69, 9.17) is 4.74 Å². The van der Waals surface area contributed by atoms with Crippen molar-refractivity contribution in [3.8, 4) is 0 Å². The van der Waals surface area contributed by atoms with E-state index in [9.17, 15) is 0 Å². The zero-order valence-corrected chi connectivity index (χ0v) is 10.7. The van der Waals surface area contributed by atoms with E-state index in [1.165, 1.54) is 6.04 Å². The van der Waals surface area contributed by atoms with E-state index in [1.54, 1.807) is 0 Å². The van der Waals surface area contributed by atoms with Crippen LogP contribution in [0.5, 0.6) is 0 Å². The molecule has 0 radical (unpaired) electrons. The molecule has 1 aliphatic heterocycles. The van der Waals surface area contributed by atoms with E-state index >= 15 is 0 Å². The third-order valence-corrected chi connectivity index (χ3v) is 6.67. The van der Waals surface area contributed by atoms with E-state index in [1.807, 2.05) is 7.11 Å². The normalized spacial score (nSPS) is 18.7. The van der Waals surface area contributed by atoms with Gasteiger partial charge in [0.2, 0.25) is 0 Å². The van der Waals surface area contributed by atoms with E-state index in [2.05, 4.69) is 49.3 Å². The highest BCUT2D eigenvalue weighted by Gasteiger charge is 2.33. The molecule has 14 heavy (non-hydrogen) atoms. The van der Waals surface area contributed by atoms with Crippen molar-refractivity contribution in [3.05, 3.63) is 24.4 Å². The smallest absolute Gasteiger partial charge is 0.114 e. The van der Waals surface area contributed by atoms with Crippen LogP contribution in [0.1, 0.15) is 6.92 Å². The van der Waals surface area contributed by atoms with Crippen molar-refractivity contribution in [1.29, 1.82) is 0 Å². The molecule has 0 aromatic rings. The minimum atomic E-state index is -1.28. The van der Waals surface area contributed by atoms with Crippen LogP contribution in [0.2, 0.25) is 19.1 Å². The molecule has 0 aromatic carbocycles. The lowest BCUT2D eigenvalue weighted by Crippen LogP contribution is -2.52. The molecule has 0 bridgehead atoms. The minimum absolute atomic E-state index is 0.300. The molecule has 0 spiro atoms. The van der Waals surface area contributed by atoms with Crippen molar-refractivity contribution >= 4 is 8.07 Å². The zero-order valence-electron chi connectivity index (χ0n) is 9.66. The summed E-state index contributed by atoms with van der Waals surface area (Å²) in [5.41, 5.74) is 0. The van der Waals surface area contributed by atoms with Gasteiger partial charge in [0.05, 0.1) is 0 Å². The van der Waals surface area contributed by atoms with E-state index in [-0.39, 0.29) is 0 Å². The molecule has 0 amide bonds. The Morgan fingerprint density at radius 2 is 2.14 bits per heavy atom. The Morgan fingerprint density at radius 3 is 2.57 bits per heavy atom. The predicted octanol–water partition coefficient (Wildman–Crippen LogP) is 2.61. The van der Waals surface area contributed by atoms with E-state index in [0.29, 0.717) is 5.85 Å². The average molecular weight is 211 g/mol. The summed E-state index contributed by atoms with van der Waals surface area (Å²) in [5.74, 6) is 0.300.